The van der Waals surface area contributed by atoms with Crippen LogP contribution in [-0.4, -0.2) is 50.3 Å². The minimum absolute atomic E-state index is 0.0834. The van der Waals surface area contributed by atoms with Crippen molar-refractivity contribution >= 4 is 17.9 Å². The average molecular weight is 301 g/mol. The Morgan fingerprint density at radius 2 is 1.43 bits per heavy atom. The standard InChI is InChI=1S/C14H23NO6/c1-5-19-11(16)9-8-10-14(15-4,12(17)20-6-2)13(18)21-7-3/h8-9,15H,5-7,10H2,1-4H3. The summed E-state index contributed by atoms with van der Waals surface area (Å²) in [5.41, 5.74) is -1.67. The Bertz CT molecular complexity index is 373. The van der Waals surface area contributed by atoms with Crippen LogP contribution in [0.4, 0.5) is 0 Å². The van der Waals surface area contributed by atoms with Gasteiger partial charge in [0.1, 0.15) is 0 Å². The monoisotopic (exact) mass is 301 g/mol. The summed E-state index contributed by atoms with van der Waals surface area (Å²) >= 11 is 0. The summed E-state index contributed by atoms with van der Waals surface area (Å²) in [6.07, 6.45) is 2.45. The first kappa shape index (κ1) is 19.1. The number of hydrogen-bond donors (Lipinski definition) is 1. The van der Waals surface area contributed by atoms with Gasteiger partial charge in [-0.15, -0.1) is 0 Å². The van der Waals surface area contributed by atoms with E-state index in [-0.39, 0.29) is 26.2 Å². The van der Waals surface area contributed by atoms with Crippen LogP contribution in [0.25, 0.3) is 0 Å². The summed E-state index contributed by atoms with van der Waals surface area (Å²) in [7, 11) is 1.45. The third-order valence-electron chi connectivity index (χ3n) is 2.64. The summed E-state index contributed by atoms with van der Waals surface area (Å²) < 4.78 is 14.6. The minimum atomic E-state index is -1.67. The molecule has 0 radical (unpaired) electrons. The van der Waals surface area contributed by atoms with E-state index in [0.29, 0.717) is 0 Å². The third kappa shape index (κ3) is 5.55. The number of carbonyl (C=O) groups is 3. The van der Waals surface area contributed by atoms with E-state index in [1.54, 1.807) is 20.8 Å². The molecule has 0 heterocycles. The van der Waals surface area contributed by atoms with Crippen LogP contribution < -0.4 is 5.32 Å². The van der Waals surface area contributed by atoms with Crippen LogP contribution in [0.2, 0.25) is 0 Å². The molecule has 0 aromatic rings. The molecule has 0 aromatic heterocycles. The van der Waals surface area contributed by atoms with Crippen molar-refractivity contribution in [2.45, 2.75) is 32.7 Å². The molecule has 0 rings (SSSR count). The highest BCUT2D eigenvalue weighted by atomic mass is 16.6. The lowest BCUT2D eigenvalue weighted by molar-refractivity contribution is -0.165. The second-order valence-electron chi connectivity index (χ2n) is 3.95. The first-order chi connectivity index (χ1) is 9.98. The molecule has 0 atom stereocenters. The molecule has 120 valence electrons. The Balaban J connectivity index is 5.15. The molecule has 0 fully saturated rings. The van der Waals surface area contributed by atoms with Crippen LogP contribution in [0.15, 0.2) is 12.2 Å². The quantitative estimate of drug-likeness (QED) is 0.288. The second kappa shape index (κ2) is 9.93. The Morgan fingerprint density at radius 1 is 0.952 bits per heavy atom. The second-order valence-corrected chi connectivity index (χ2v) is 3.95. The van der Waals surface area contributed by atoms with E-state index in [0.717, 1.165) is 6.08 Å². The van der Waals surface area contributed by atoms with Gasteiger partial charge in [0.05, 0.1) is 19.8 Å². The highest BCUT2D eigenvalue weighted by Gasteiger charge is 2.46. The van der Waals surface area contributed by atoms with E-state index < -0.39 is 23.4 Å². The number of carbonyl (C=O) groups excluding carboxylic acids is 3. The fourth-order valence-electron chi connectivity index (χ4n) is 1.59. The van der Waals surface area contributed by atoms with Gasteiger partial charge in [-0.3, -0.25) is 5.32 Å². The van der Waals surface area contributed by atoms with Crippen molar-refractivity contribution in [3.63, 3.8) is 0 Å². The van der Waals surface area contributed by atoms with Gasteiger partial charge in [0, 0.05) is 12.5 Å². The van der Waals surface area contributed by atoms with E-state index in [1.165, 1.54) is 13.1 Å². The Labute approximate surface area is 124 Å². The van der Waals surface area contributed by atoms with Crippen LogP contribution in [-0.2, 0) is 28.6 Å². The molecule has 0 aliphatic heterocycles. The summed E-state index contributed by atoms with van der Waals surface area (Å²) in [6, 6.07) is 0. The fraction of sp³-hybridized carbons (Fsp3) is 0.643. The highest BCUT2D eigenvalue weighted by Crippen LogP contribution is 2.16. The van der Waals surface area contributed by atoms with Crippen molar-refractivity contribution < 1.29 is 28.6 Å². The number of hydrogen-bond acceptors (Lipinski definition) is 7. The summed E-state index contributed by atoms with van der Waals surface area (Å²) in [6.45, 7) is 5.46. The van der Waals surface area contributed by atoms with Crippen LogP contribution in [0.1, 0.15) is 27.2 Å². The zero-order chi connectivity index (χ0) is 16.3. The van der Waals surface area contributed by atoms with Crippen molar-refractivity contribution in [3.8, 4) is 0 Å². The zero-order valence-electron chi connectivity index (χ0n) is 12.9. The van der Waals surface area contributed by atoms with Crippen molar-refractivity contribution in [3.05, 3.63) is 12.2 Å². The van der Waals surface area contributed by atoms with Gasteiger partial charge in [-0.25, -0.2) is 14.4 Å². The molecule has 0 unspecified atom stereocenters. The van der Waals surface area contributed by atoms with Gasteiger partial charge < -0.3 is 14.2 Å². The molecule has 0 bridgehead atoms. The smallest absolute Gasteiger partial charge is 0.338 e. The molecule has 21 heavy (non-hydrogen) atoms. The molecular weight excluding hydrogens is 278 g/mol. The van der Waals surface area contributed by atoms with Crippen LogP contribution >= 0.6 is 0 Å². The molecule has 0 aliphatic rings. The molecule has 0 aromatic carbocycles. The lowest BCUT2D eigenvalue weighted by atomic mass is 9.95. The van der Waals surface area contributed by atoms with Gasteiger partial charge in [-0.1, -0.05) is 6.08 Å². The maximum Gasteiger partial charge on any atom is 0.338 e. The Morgan fingerprint density at radius 3 is 1.81 bits per heavy atom. The highest BCUT2D eigenvalue weighted by molar-refractivity contribution is 6.05. The van der Waals surface area contributed by atoms with Gasteiger partial charge in [-0.2, -0.15) is 0 Å². The van der Waals surface area contributed by atoms with Gasteiger partial charge >= 0.3 is 17.9 Å². The fourth-order valence-corrected chi connectivity index (χ4v) is 1.59. The topological polar surface area (TPSA) is 90.9 Å². The van der Waals surface area contributed by atoms with Crippen molar-refractivity contribution in [1.82, 2.24) is 5.32 Å². The molecule has 0 saturated carbocycles. The predicted octanol–water partition coefficient (Wildman–Crippen LogP) is 0.580. The van der Waals surface area contributed by atoms with Crippen LogP contribution in [0.3, 0.4) is 0 Å². The van der Waals surface area contributed by atoms with Crippen molar-refractivity contribution in [2.24, 2.45) is 0 Å². The third-order valence-corrected chi connectivity index (χ3v) is 2.64. The molecule has 0 saturated heterocycles. The lowest BCUT2D eigenvalue weighted by Gasteiger charge is -2.27. The number of ether oxygens (including phenoxy) is 3. The number of rotatable bonds is 9. The normalized spacial score (nSPS) is 11.2. The summed E-state index contributed by atoms with van der Waals surface area (Å²) in [5, 5.41) is 2.64. The van der Waals surface area contributed by atoms with Gasteiger partial charge in [-0.05, 0) is 27.8 Å². The van der Waals surface area contributed by atoms with Gasteiger partial charge in [0.25, 0.3) is 0 Å². The van der Waals surface area contributed by atoms with E-state index in [9.17, 15) is 14.4 Å². The zero-order valence-corrected chi connectivity index (χ0v) is 12.9. The predicted molar refractivity (Wildman–Crippen MR) is 75.4 cm³/mol. The molecule has 0 spiro atoms. The van der Waals surface area contributed by atoms with Crippen molar-refractivity contribution in [2.75, 3.05) is 26.9 Å². The Kier molecular flexibility index (Phi) is 9.03. The van der Waals surface area contributed by atoms with Gasteiger partial charge in [0.2, 0.25) is 5.54 Å². The van der Waals surface area contributed by atoms with E-state index in [1.807, 2.05) is 0 Å². The Hall–Kier alpha value is -1.89. The average Bonchev–Trinajstić information content (AvgIpc) is 2.44. The molecule has 7 heteroatoms. The lowest BCUT2D eigenvalue weighted by Crippen LogP contribution is -2.58. The molecule has 7 nitrogen and oxygen atoms in total. The van der Waals surface area contributed by atoms with E-state index in [4.69, 9.17) is 14.2 Å². The maximum atomic E-state index is 12.1. The maximum absolute atomic E-state index is 12.1. The molecule has 0 amide bonds. The van der Waals surface area contributed by atoms with Gasteiger partial charge in [0.15, 0.2) is 0 Å². The van der Waals surface area contributed by atoms with Crippen LogP contribution in [0, 0.1) is 0 Å². The summed E-state index contributed by atoms with van der Waals surface area (Å²) in [4.78, 5) is 35.4. The van der Waals surface area contributed by atoms with E-state index >= 15 is 0 Å². The number of esters is 3. The number of likely N-dealkylation sites (N-methyl/N-ethyl adjacent to an activating group) is 1. The first-order valence-corrected chi connectivity index (χ1v) is 6.85. The largest absolute Gasteiger partial charge is 0.464 e. The molecule has 0 aliphatic carbocycles. The van der Waals surface area contributed by atoms with Crippen LogP contribution in [0.5, 0.6) is 0 Å². The number of nitrogens with one attached hydrogen (secondary N) is 1. The first-order valence-electron chi connectivity index (χ1n) is 6.85. The minimum Gasteiger partial charge on any atom is -0.464 e. The summed E-state index contributed by atoms with van der Waals surface area (Å²) in [5.74, 6) is -2.05. The van der Waals surface area contributed by atoms with Crippen molar-refractivity contribution in [1.29, 1.82) is 0 Å². The molecule has 1 N–H and O–H groups in total. The molecular formula is C14H23NO6. The van der Waals surface area contributed by atoms with E-state index in [2.05, 4.69) is 5.32 Å². The SMILES string of the molecule is CCOC(=O)C=CCC(NC)(C(=O)OCC)C(=O)OCC.